The quantitative estimate of drug-likeness (QED) is 0.801. The van der Waals surface area contributed by atoms with Gasteiger partial charge in [0.05, 0.1) is 6.04 Å². The molecule has 4 nitrogen and oxygen atoms in total. The van der Waals surface area contributed by atoms with E-state index in [1.807, 2.05) is 30.3 Å². The second-order valence-corrected chi connectivity index (χ2v) is 4.98. The molecular formula is C15H19NO3. The molecule has 1 saturated carbocycles. The molecule has 1 aliphatic rings. The second kappa shape index (κ2) is 6.92. The van der Waals surface area contributed by atoms with Crippen molar-refractivity contribution in [3.63, 3.8) is 0 Å². The van der Waals surface area contributed by atoms with Gasteiger partial charge >= 0.3 is 6.09 Å². The average molecular weight is 261 g/mol. The predicted octanol–water partition coefficient (Wildman–Crippen LogP) is 2.67. The molecule has 2 rings (SSSR count). The van der Waals surface area contributed by atoms with E-state index in [4.69, 9.17) is 4.74 Å². The van der Waals surface area contributed by atoms with E-state index in [9.17, 15) is 9.59 Å². The number of aldehydes is 1. The molecule has 0 spiro atoms. The van der Waals surface area contributed by atoms with E-state index in [2.05, 4.69) is 5.32 Å². The molecular weight excluding hydrogens is 242 g/mol. The van der Waals surface area contributed by atoms with Gasteiger partial charge in [0.2, 0.25) is 0 Å². The number of hydrogen-bond acceptors (Lipinski definition) is 3. The molecule has 102 valence electrons. The Morgan fingerprint density at radius 1 is 1.37 bits per heavy atom. The average Bonchev–Trinajstić information content (AvgIpc) is 2.40. The van der Waals surface area contributed by atoms with Crippen LogP contribution >= 0.6 is 0 Å². The maximum absolute atomic E-state index is 11.6. The lowest BCUT2D eigenvalue weighted by Gasteiger charge is -2.27. The Labute approximate surface area is 113 Å². The van der Waals surface area contributed by atoms with Crippen LogP contribution in [0.1, 0.15) is 31.2 Å². The molecule has 0 saturated heterocycles. The van der Waals surface area contributed by atoms with Crippen LogP contribution < -0.4 is 5.32 Å². The fraction of sp³-hybridized carbons (Fsp3) is 0.467. The van der Waals surface area contributed by atoms with Crippen LogP contribution in [0.4, 0.5) is 4.79 Å². The Kier molecular flexibility index (Phi) is 4.95. The molecule has 0 heterocycles. The third-order valence-corrected chi connectivity index (χ3v) is 3.49. The first-order chi connectivity index (χ1) is 9.28. The highest BCUT2D eigenvalue weighted by Crippen LogP contribution is 2.30. The van der Waals surface area contributed by atoms with Gasteiger partial charge in [-0.05, 0) is 17.9 Å². The molecule has 1 aromatic rings. The summed E-state index contributed by atoms with van der Waals surface area (Å²) < 4.78 is 5.08. The van der Waals surface area contributed by atoms with Gasteiger partial charge in [-0.1, -0.05) is 49.6 Å². The van der Waals surface area contributed by atoms with Gasteiger partial charge in [-0.2, -0.15) is 0 Å². The van der Waals surface area contributed by atoms with E-state index in [0.717, 1.165) is 31.1 Å². The number of ether oxygens (including phenoxy) is 1. The normalized spacial score (nSPS) is 16.2. The van der Waals surface area contributed by atoms with Crippen LogP contribution in [0.15, 0.2) is 30.3 Å². The van der Waals surface area contributed by atoms with Crippen LogP contribution in [0, 0.1) is 5.92 Å². The zero-order valence-electron chi connectivity index (χ0n) is 10.9. The molecule has 4 heteroatoms. The molecule has 1 unspecified atom stereocenters. The van der Waals surface area contributed by atoms with Crippen molar-refractivity contribution in [3.05, 3.63) is 35.9 Å². The highest BCUT2D eigenvalue weighted by molar-refractivity contribution is 5.73. The lowest BCUT2D eigenvalue weighted by molar-refractivity contribution is -0.110. The zero-order chi connectivity index (χ0) is 13.5. The zero-order valence-corrected chi connectivity index (χ0v) is 10.9. The summed E-state index contributed by atoms with van der Waals surface area (Å²) in [5.74, 6) is 0.574. The predicted molar refractivity (Wildman–Crippen MR) is 71.6 cm³/mol. The summed E-state index contributed by atoms with van der Waals surface area (Å²) in [5.41, 5.74) is 0.930. The van der Waals surface area contributed by atoms with Crippen LogP contribution in [0.2, 0.25) is 0 Å². The molecule has 0 aromatic heterocycles. The minimum atomic E-state index is -0.528. The van der Waals surface area contributed by atoms with Crippen LogP contribution in [-0.4, -0.2) is 18.4 Å². The van der Waals surface area contributed by atoms with Gasteiger partial charge in [-0.15, -0.1) is 0 Å². The van der Waals surface area contributed by atoms with Crippen LogP contribution in [0.3, 0.4) is 0 Å². The number of hydrogen-bond donors (Lipinski definition) is 1. The number of alkyl carbamates (subject to hydrolysis) is 1. The van der Waals surface area contributed by atoms with E-state index < -0.39 is 12.1 Å². The van der Waals surface area contributed by atoms with Crippen molar-refractivity contribution in [2.75, 3.05) is 0 Å². The third-order valence-electron chi connectivity index (χ3n) is 3.49. The Bertz CT molecular complexity index is 415. The number of carbonyl (C=O) groups excluding carboxylic acids is 2. The molecule has 1 aromatic carbocycles. The lowest BCUT2D eigenvalue weighted by Crippen LogP contribution is -2.38. The summed E-state index contributed by atoms with van der Waals surface area (Å²) in [6.45, 7) is 0.224. The standard InChI is InChI=1S/C15H19NO3/c17-10-14(9-12-7-4-8-12)16-15(18)19-11-13-5-2-1-3-6-13/h1-3,5-6,10,12,14H,4,7-9,11H2,(H,16,18). The SMILES string of the molecule is O=CC(CC1CCC1)NC(=O)OCc1ccccc1. The van der Waals surface area contributed by atoms with Crippen molar-refractivity contribution in [1.29, 1.82) is 0 Å². The highest BCUT2D eigenvalue weighted by Gasteiger charge is 2.23. The molecule has 1 amide bonds. The number of rotatable bonds is 6. The molecule has 0 radical (unpaired) electrons. The topological polar surface area (TPSA) is 55.4 Å². The van der Waals surface area contributed by atoms with Gasteiger partial charge < -0.3 is 14.8 Å². The lowest BCUT2D eigenvalue weighted by atomic mass is 9.81. The van der Waals surface area contributed by atoms with Crippen molar-refractivity contribution in [2.24, 2.45) is 5.92 Å². The van der Waals surface area contributed by atoms with Crippen molar-refractivity contribution < 1.29 is 14.3 Å². The molecule has 0 bridgehead atoms. The van der Waals surface area contributed by atoms with Gasteiger partial charge in [0.1, 0.15) is 12.9 Å². The van der Waals surface area contributed by atoms with E-state index >= 15 is 0 Å². The number of nitrogens with one attached hydrogen (secondary N) is 1. The first kappa shape index (κ1) is 13.6. The fourth-order valence-electron chi connectivity index (χ4n) is 2.15. The van der Waals surface area contributed by atoms with Crippen molar-refractivity contribution in [1.82, 2.24) is 5.32 Å². The van der Waals surface area contributed by atoms with Gasteiger partial charge in [-0.3, -0.25) is 0 Å². The highest BCUT2D eigenvalue weighted by atomic mass is 16.5. The monoisotopic (exact) mass is 261 g/mol. The van der Waals surface area contributed by atoms with E-state index in [0.29, 0.717) is 5.92 Å². The van der Waals surface area contributed by atoms with E-state index in [1.54, 1.807) is 0 Å². The minimum Gasteiger partial charge on any atom is -0.445 e. The molecule has 19 heavy (non-hydrogen) atoms. The van der Waals surface area contributed by atoms with Crippen LogP contribution in [0.25, 0.3) is 0 Å². The molecule has 1 N–H and O–H groups in total. The first-order valence-corrected chi connectivity index (χ1v) is 6.70. The first-order valence-electron chi connectivity index (χ1n) is 6.70. The van der Waals surface area contributed by atoms with E-state index in [-0.39, 0.29) is 6.61 Å². The summed E-state index contributed by atoms with van der Waals surface area (Å²) in [5, 5.41) is 2.61. The van der Waals surface area contributed by atoms with Gasteiger partial charge in [0, 0.05) is 0 Å². The maximum Gasteiger partial charge on any atom is 0.408 e. The Morgan fingerprint density at radius 2 is 2.11 bits per heavy atom. The Balaban J connectivity index is 1.71. The number of benzene rings is 1. The van der Waals surface area contributed by atoms with Crippen LogP contribution in [0.5, 0.6) is 0 Å². The summed E-state index contributed by atoms with van der Waals surface area (Å²) >= 11 is 0. The van der Waals surface area contributed by atoms with Gasteiger partial charge in [0.25, 0.3) is 0 Å². The summed E-state index contributed by atoms with van der Waals surface area (Å²) in [6, 6.07) is 9.04. The number of amides is 1. The molecule has 1 fully saturated rings. The fourth-order valence-corrected chi connectivity index (χ4v) is 2.15. The summed E-state index contributed by atoms with van der Waals surface area (Å²) in [6.07, 6.45) is 4.54. The minimum absolute atomic E-state index is 0.224. The third kappa shape index (κ3) is 4.39. The number of carbonyl (C=O) groups is 2. The van der Waals surface area contributed by atoms with Crippen molar-refractivity contribution >= 4 is 12.4 Å². The second-order valence-electron chi connectivity index (χ2n) is 4.98. The molecule has 0 aliphatic heterocycles. The Hall–Kier alpha value is -1.84. The maximum atomic E-state index is 11.6. The summed E-state index contributed by atoms with van der Waals surface area (Å²) in [4.78, 5) is 22.5. The Morgan fingerprint density at radius 3 is 2.68 bits per heavy atom. The van der Waals surface area contributed by atoms with Crippen molar-refractivity contribution in [2.45, 2.75) is 38.3 Å². The van der Waals surface area contributed by atoms with Crippen molar-refractivity contribution in [3.8, 4) is 0 Å². The molecule has 1 aliphatic carbocycles. The van der Waals surface area contributed by atoms with Gasteiger partial charge in [-0.25, -0.2) is 4.79 Å². The van der Waals surface area contributed by atoms with Gasteiger partial charge in [0.15, 0.2) is 0 Å². The summed E-state index contributed by atoms with van der Waals surface area (Å²) in [7, 11) is 0. The molecule has 1 atom stereocenters. The van der Waals surface area contributed by atoms with E-state index in [1.165, 1.54) is 6.42 Å². The largest absolute Gasteiger partial charge is 0.445 e. The smallest absolute Gasteiger partial charge is 0.408 e. The van der Waals surface area contributed by atoms with Crippen LogP contribution in [-0.2, 0) is 16.1 Å².